The van der Waals surface area contributed by atoms with Gasteiger partial charge in [-0.25, -0.2) is 4.98 Å². The number of ether oxygens (including phenoxy) is 1. The molecule has 6 nitrogen and oxygen atoms in total. The molecule has 6 heteroatoms. The molecule has 0 atom stereocenters. The number of rotatable bonds is 6. The van der Waals surface area contributed by atoms with E-state index in [0.717, 1.165) is 31.4 Å². The lowest BCUT2D eigenvalue weighted by atomic mass is 10.1. The highest BCUT2D eigenvalue weighted by Crippen LogP contribution is 2.18. The molecule has 0 saturated heterocycles. The summed E-state index contributed by atoms with van der Waals surface area (Å²) in [6.07, 6.45) is 6.75. The third-order valence-corrected chi connectivity index (χ3v) is 4.83. The molecule has 0 bridgehead atoms. The van der Waals surface area contributed by atoms with Gasteiger partial charge in [-0.3, -0.25) is 9.59 Å². The Kier molecular flexibility index (Phi) is 7.00. The highest BCUT2D eigenvalue weighted by molar-refractivity contribution is 6.03. The summed E-state index contributed by atoms with van der Waals surface area (Å²) in [4.78, 5) is 29.3. The second kappa shape index (κ2) is 9.88. The minimum atomic E-state index is -0.353. The van der Waals surface area contributed by atoms with Crippen molar-refractivity contribution < 1.29 is 14.3 Å². The molecule has 2 amide bonds. The van der Waals surface area contributed by atoms with Gasteiger partial charge in [-0.15, -0.1) is 0 Å². The molecule has 28 heavy (non-hydrogen) atoms. The molecular formula is C22H27N3O3. The van der Waals surface area contributed by atoms with E-state index < -0.39 is 0 Å². The molecule has 0 spiro atoms. The lowest BCUT2D eigenvalue weighted by Crippen LogP contribution is -2.35. The summed E-state index contributed by atoms with van der Waals surface area (Å²) in [6, 6.07) is 12.2. The average molecular weight is 381 g/mol. The van der Waals surface area contributed by atoms with Crippen LogP contribution < -0.4 is 15.4 Å². The number of nitrogens with zero attached hydrogens (tertiary/aromatic N) is 1. The molecule has 0 radical (unpaired) electrons. The first-order valence-corrected chi connectivity index (χ1v) is 9.98. The average Bonchev–Trinajstić information content (AvgIpc) is 2.98. The number of benzene rings is 1. The number of carbonyl (C=O) groups is 2. The zero-order chi connectivity index (χ0) is 19.8. The number of hydrogen-bond acceptors (Lipinski definition) is 4. The van der Waals surface area contributed by atoms with Crippen molar-refractivity contribution >= 4 is 17.5 Å². The molecule has 1 heterocycles. The van der Waals surface area contributed by atoms with Crippen LogP contribution in [0.5, 0.6) is 5.75 Å². The lowest BCUT2D eigenvalue weighted by Gasteiger charge is -2.16. The zero-order valence-electron chi connectivity index (χ0n) is 16.2. The predicted octanol–water partition coefficient (Wildman–Crippen LogP) is 4.19. The Morgan fingerprint density at radius 1 is 0.964 bits per heavy atom. The highest BCUT2D eigenvalue weighted by atomic mass is 16.5. The van der Waals surface area contributed by atoms with Crippen molar-refractivity contribution in [3.63, 3.8) is 0 Å². The van der Waals surface area contributed by atoms with E-state index in [1.165, 1.54) is 12.8 Å². The minimum absolute atomic E-state index is 0.193. The quantitative estimate of drug-likeness (QED) is 0.736. The van der Waals surface area contributed by atoms with Crippen molar-refractivity contribution in [3.05, 3.63) is 53.9 Å². The van der Waals surface area contributed by atoms with Gasteiger partial charge in [-0.2, -0.15) is 0 Å². The number of anilines is 1. The van der Waals surface area contributed by atoms with Crippen LogP contribution in [-0.4, -0.2) is 29.4 Å². The maximum absolute atomic E-state index is 12.5. The van der Waals surface area contributed by atoms with Gasteiger partial charge in [0.05, 0.1) is 6.61 Å². The summed E-state index contributed by atoms with van der Waals surface area (Å²) < 4.78 is 5.39. The Morgan fingerprint density at radius 3 is 2.25 bits per heavy atom. The largest absolute Gasteiger partial charge is 0.494 e. The van der Waals surface area contributed by atoms with Crippen molar-refractivity contribution in [2.24, 2.45) is 0 Å². The van der Waals surface area contributed by atoms with Gasteiger partial charge in [0, 0.05) is 11.7 Å². The maximum Gasteiger partial charge on any atom is 0.274 e. The molecule has 2 N–H and O–H groups in total. The van der Waals surface area contributed by atoms with Crippen LogP contribution in [0.1, 0.15) is 66.4 Å². The SMILES string of the molecule is CCOc1ccc(NC(=O)c2cccc(C(=O)NC3CCCCCC3)n2)cc1. The van der Waals surface area contributed by atoms with Gasteiger partial charge in [0.1, 0.15) is 17.1 Å². The smallest absolute Gasteiger partial charge is 0.274 e. The fraction of sp³-hybridized carbons (Fsp3) is 0.409. The number of aromatic nitrogens is 1. The van der Waals surface area contributed by atoms with Crippen LogP contribution in [0.2, 0.25) is 0 Å². The van der Waals surface area contributed by atoms with Crippen molar-refractivity contribution in [2.45, 2.75) is 51.5 Å². The predicted molar refractivity (Wildman–Crippen MR) is 109 cm³/mol. The van der Waals surface area contributed by atoms with Crippen LogP contribution in [-0.2, 0) is 0 Å². The third kappa shape index (κ3) is 5.55. The molecule has 1 aromatic carbocycles. The molecule has 1 aromatic heterocycles. The third-order valence-electron chi connectivity index (χ3n) is 4.83. The lowest BCUT2D eigenvalue weighted by molar-refractivity contribution is 0.0928. The number of hydrogen-bond donors (Lipinski definition) is 2. The molecule has 1 fully saturated rings. The van der Waals surface area contributed by atoms with E-state index in [0.29, 0.717) is 12.3 Å². The number of pyridine rings is 1. The summed E-state index contributed by atoms with van der Waals surface area (Å²) in [6.45, 7) is 2.51. The van der Waals surface area contributed by atoms with E-state index >= 15 is 0 Å². The van der Waals surface area contributed by atoms with Gasteiger partial charge < -0.3 is 15.4 Å². The van der Waals surface area contributed by atoms with Gasteiger partial charge in [0.15, 0.2) is 0 Å². The number of amides is 2. The molecular weight excluding hydrogens is 354 g/mol. The van der Waals surface area contributed by atoms with Crippen LogP contribution in [0.4, 0.5) is 5.69 Å². The summed E-state index contributed by atoms with van der Waals surface area (Å²) >= 11 is 0. The van der Waals surface area contributed by atoms with Crippen molar-refractivity contribution in [1.29, 1.82) is 0 Å². The summed E-state index contributed by atoms with van der Waals surface area (Å²) in [5.74, 6) is 0.173. The molecule has 1 aliphatic rings. The van der Waals surface area contributed by atoms with Crippen molar-refractivity contribution in [2.75, 3.05) is 11.9 Å². The monoisotopic (exact) mass is 381 g/mol. The zero-order valence-corrected chi connectivity index (χ0v) is 16.2. The first-order valence-electron chi connectivity index (χ1n) is 9.98. The van der Waals surface area contributed by atoms with E-state index in [1.807, 2.05) is 6.92 Å². The Morgan fingerprint density at radius 2 is 1.61 bits per heavy atom. The van der Waals surface area contributed by atoms with E-state index in [4.69, 9.17) is 4.74 Å². The Bertz CT molecular complexity index is 797. The molecule has 148 valence electrons. The van der Waals surface area contributed by atoms with Gasteiger partial charge in [0.25, 0.3) is 11.8 Å². The van der Waals surface area contributed by atoms with Gasteiger partial charge in [0.2, 0.25) is 0 Å². The molecule has 1 aliphatic carbocycles. The Balaban J connectivity index is 1.62. The summed E-state index contributed by atoms with van der Waals surface area (Å²) in [5, 5.41) is 5.86. The fourth-order valence-electron chi connectivity index (χ4n) is 3.37. The highest BCUT2D eigenvalue weighted by Gasteiger charge is 2.18. The van der Waals surface area contributed by atoms with Crippen LogP contribution in [0.3, 0.4) is 0 Å². The molecule has 1 saturated carbocycles. The van der Waals surface area contributed by atoms with Crippen LogP contribution in [0.25, 0.3) is 0 Å². The van der Waals surface area contributed by atoms with Gasteiger partial charge in [-0.1, -0.05) is 31.7 Å². The normalized spacial score (nSPS) is 14.8. The van der Waals surface area contributed by atoms with Crippen LogP contribution in [0, 0.1) is 0 Å². The number of nitrogens with one attached hydrogen (secondary N) is 2. The van der Waals surface area contributed by atoms with Crippen molar-refractivity contribution in [1.82, 2.24) is 10.3 Å². The fourth-order valence-corrected chi connectivity index (χ4v) is 3.37. The number of carbonyl (C=O) groups excluding carboxylic acids is 2. The van der Waals surface area contributed by atoms with E-state index in [2.05, 4.69) is 15.6 Å². The topological polar surface area (TPSA) is 80.3 Å². The van der Waals surface area contributed by atoms with Crippen molar-refractivity contribution in [3.8, 4) is 5.75 Å². The molecule has 0 aliphatic heterocycles. The van der Waals surface area contributed by atoms with Gasteiger partial charge in [-0.05, 0) is 56.2 Å². The van der Waals surface area contributed by atoms with E-state index in [1.54, 1.807) is 42.5 Å². The molecule has 0 unspecified atom stereocenters. The second-order valence-corrected chi connectivity index (χ2v) is 6.98. The Hall–Kier alpha value is -2.89. The van der Waals surface area contributed by atoms with E-state index in [9.17, 15) is 9.59 Å². The summed E-state index contributed by atoms with van der Waals surface area (Å²) in [5.41, 5.74) is 1.12. The second-order valence-electron chi connectivity index (χ2n) is 6.98. The minimum Gasteiger partial charge on any atom is -0.494 e. The van der Waals surface area contributed by atoms with Gasteiger partial charge >= 0.3 is 0 Å². The summed E-state index contributed by atoms with van der Waals surface area (Å²) in [7, 11) is 0. The van der Waals surface area contributed by atoms with Crippen LogP contribution >= 0.6 is 0 Å². The molecule has 2 aromatic rings. The van der Waals surface area contributed by atoms with E-state index in [-0.39, 0.29) is 29.2 Å². The standard InChI is InChI=1S/C22H27N3O3/c1-2-28-18-14-12-17(13-15-18)24-22(27)20-11-7-10-19(25-20)21(26)23-16-8-5-3-4-6-9-16/h7,10-16H,2-6,8-9H2,1H3,(H,23,26)(H,24,27). The maximum atomic E-state index is 12.5. The molecule has 3 rings (SSSR count). The van der Waals surface area contributed by atoms with Crippen LogP contribution in [0.15, 0.2) is 42.5 Å². The first-order chi connectivity index (χ1) is 13.7. The Labute approximate surface area is 165 Å². The first kappa shape index (κ1) is 19.9.